The summed E-state index contributed by atoms with van der Waals surface area (Å²) in [6.07, 6.45) is -4.25. The van der Waals surface area contributed by atoms with E-state index in [-0.39, 0.29) is 16.1 Å². The van der Waals surface area contributed by atoms with Crippen molar-refractivity contribution in [2.45, 2.75) is 23.4 Å². The minimum atomic E-state index is -4.65. The van der Waals surface area contributed by atoms with Gasteiger partial charge in [0.2, 0.25) is 9.84 Å². The molecular weight excluding hydrogens is 383 g/mol. The molecule has 1 unspecified atom stereocenters. The number of hydrogen-bond acceptors (Lipinski definition) is 4. The third-order valence-corrected chi connectivity index (χ3v) is 5.83. The van der Waals surface area contributed by atoms with E-state index >= 15 is 0 Å². The number of sulfone groups is 1. The summed E-state index contributed by atoms with van der Waals surface area (Å²) in [5, 5.41) is 7.10. The van der Waals surface area contributed by atoms with Crippen molar-refractivity contribution in [2.75, 3.05) is 0 Å². The van der Waals surface area contributed by atoms with E-state index in [4.69, 9.17) is 11.6 Å². The average Bonchev–Trinajstić information content (AvgIpc) is 2.53. The number of carboxylic acid groups (broad SMARTS) is 1. The molecule has 0 aliphatic rings. The van der Waals surface area contributed by atoms with Crippen molar-refractivity contribution in [2.24, 2.45) is 0 Å². The number of hydrogen-bond donors (Lipinski definition) is 1. The molecule has 0 aliphatic carbocycles. The molecule has 2 rings (SSSR count). The van der Waals surface area contributed by atoms with E-state index in [9.17, 15) is 31.5 Å². The minimum Gasteiger partial charge on any atom is -0.478 e. The second-order valence-corrected chi connectivity index (χ2v) is 7.70. The Morgan fingerprint density at radius 1 is 1.24 bits per heavy atom. The van der Waals surface area contributed by atoms with E-state index in [0.717, 1.165) is 6.07 Å². The van der Waals surface area contributed by atoms with Gasteiger partial charge in [0.1, 0.15) is 0 Å². The molecule has 0 amide bonds. The van der Waals surface area contributed by atoms with Crippen LogP contribution in [0, 0.1) is 0 Å². The molecule has 10 heteroatoms. The maximum atomic E-state index is 12.6. The van der Waals surface area contributed by atoms with Gasteiger partial charge in [-0.1, -0.05) is 17.7 Å². The molecule has 0 bridgehead atoms. The number of pyridine rings is 1. The van der Waals surface area contributed by atoms with Crippen LogP contribution in [0.15, 0.2) is 41.6 Å². The van der Waals surface area contributed by atoms with Gasteiger partial charge in [-0.3, -0.25) is 0 Å². The lowest BCUT2D eigenvalue weighted by atomic mass is 10.1. The van der Waals surface area contributed by atoms with Crippen molar-refractivity contribution in [1.29, 1.82) is 0 Å². The maximum Gasteiger partial charge on any atom is 0.417 e. The van der Waals surface area contributed by atoms with Crippen molar-refractivity contribution in [1.82, 2.24) is 4.98 Å². The van der Waals surface area contributed by atoms with E-state index in [1.54, 1.807) is 0 Å². The Balaban J connectivity index is 2.52. The van der Waals surface area contributed by atoms with Crippen LogP contribution in [0.1, 0.15) is 33.7 Å². The van der Waals surface area contributed by atoms with Crippen molar-refractivity contribution >= 4 is 27.4 Å². The Hall–Kier alpha value is -2.13. The van der Waals surface area contributed by atoms with E-state index in [0.29, 0.717) is 12.3 Å². The van der Waals surface area contributed by atoms with Crippen LogP contribution < -0.4 is 0 Å². The lowest BCUT2D eigenvalue weighted by Gasteiger charge is -2.17. The molecule has 1 N–H and O–H groups in total. The number of aromatic nitrogens is 1. The van der Waals surface area contributed by atoms with Crippen molar-refractivity contribution < 1.29 is 31.5 Å². The standard InChI is InChI=1S/C15H11ClF3NO4S/c1-8(13-10(14(21)22)3-2-4-11(13)16)25(23,24)12-6-5-9(7-20-12)15(17,18)19/h2-8H,1H3,(H,21,22). The highest BCUT2D eigenvalue weighted by Gasteiger charge is 2.34. The fraction of sp³-hybridized carbons (Fsp3) is 0.200. The van der Waals surface area contributed by atoms with Crippen LogP contribution in [-0.4, -0.2) is 24.5 Å². The first-order valence-corrected chi connectivity index (χ1v) is 8.67. The second-order valence-electron chi connectivity index (χ2n) is 5.08. The first-order chi connectivity index (χ1) is 11.5. The summed E-state index contributed by atoms with van der Waals surface area (Å²) in [5.41, 5.74) is -1.56. The number of carboxylic acids is 1. The predicted octanol–water partition coefficient (Wildman–Crippen LogP) is 3.99. The lowest BCUT2D eigenvalue weighted by Crippen LogP contribution is -2.17. The smallest absolute Gasteiger partial charge is 0.417 e. The van der Waals surface area contributed by atoms with Crippen LogP contribution in [0.3, 0.4) is 0 Å². The van der Waals surface area contributed by atoms with E-state index in [1.807, 2.05) is 0 Å². The molecule has 25 heavy (non-hydrogen) atoms. The van der Waals surface area contributed by atoms with Gasteiger partial charge in [-0.05, 0) is 31.2 Å². The highest BCUT2D eigenvalue weighted by Crippen LogP contribution is 2.35. The Bertz CT molecular complexity index is 911. The van der Waals surface area contributed by atoms with Crippen LogP contribution in [0.4, 0.5) is 13.2 Å². The molecule has 0 aliphatic heterocycles. The summed E-state index contributed by atoms with van der Waals surface area (Å²) in [6, 6.07) is 5.19. The zero-order chi connectivity index (χ0) is 19.0. The summed E-state index contributed by atoms with van der Waals surface area (Å²) in [4.78, 5) is 14.7. The zero-order valence-electron chi connectivity index (χ0n) is 12.6. The Morgan fingerprint density at radius 2 is 1.88 bits per heavy atom. The third-order valence-electron chi connectivity index (χ3n) is 3.51. The van der Waals surface area contributed by atoms with Crippen LogP contribution in [0.25, 0.3) is 0 Å². The molecule has 0 saturated heterocycles. The number of carbonyl (C=O) groups is 1. The Morgan fingerprint density at radius 3 is 2.36 bits per heavy atom. The van der Waals surface area contributed by atoms with Crippen molar-refractivity contribution in [3.63, 3.8) is 0 Å². The molecule has 0 radical (unpaired) electrons. The van der Waals surface area contributed by atoms with Crippen molar-refractivity contribution in [3.8, 4) is 0 Å². The largest absolute Gasteiger partial charge is 0.478 e. The summed E-state index contributed by atoms with van der Waals surface area (Å²) in [5.74, 6) is -1.38. The van der Waals surface area contributed by atoms with Gasteiger partial charge in [-0.2, -0.15) is 13.2 Å². The SMILES string of the molecule is CC(c1c(Cl)cccc1C(=O)O)S(=O)(=O)c1ccc(C(F)(F)F)cn1. The molecule has 0 saturated carbocycles. The molecule has 1 aromatic heterocycles. The van der Waals surface area contributed by atoms with Crippen molar-refractivity contribution in [3.05, 3.63) is 58.2 Å². The molecule has 134 valence electrons. The molecule has 0 fully saturated rings. The number of benzene rings is 1. The highest BCUT2D eigenvalue weighted by molar-refractivity contribution is 7.91. The van der Waals surface area contributed by atoms with Gasteiger partial charge in [-0.25, -0.2) is 18.2 Å². The maximum absolute atomic E-state index is 12.6. The Kier molecular flexibility index (Phi) is 5.10. The number of aromatic carboxylic acids is 1. The average molecular weight is 394 g/mol. The number of alkyl halides is 3. The number of halogens is 4. The first kappa shape index (κ1) is 19.2. The highest BCUT2D eigenvalue weighted by atomic mass is 35.5. The minimum absolute atomic E-state index is 0.0807. The van der Waals surface area contributed by atoms with Gasteiger partial charge < -0.3 is 5.11 Å². The molecule has 1 aromatic carbocycles. The number of rotatable bonds is 4. The number of nitrogens with zero attached hydrogens (tertiary/aromatic N) is 1. The summed E-state index contributed by atoms with van der Waals surface area (Å²) in [7, 11) is -4.26. The molecular formula is C15H11ClF3NO4S. The molecule has 1 heterocycles. The van der Waals surface area contributed by atoms with E-state index < -0.39 is 37.8 Å². The topological polar surface area (TPSA) is 84.3 Å². The first-order valence-electron chi connectivity index (χ1n) is 6.75. The van der Waals surface area contributed by atoms with Crippen LogP contribution >= 0.6 is 11.6 Å². The van der Waals surface area contributed by atoms with Crippen LogP contribution in [-0.2, 0) is 16.0 Å². The van der Waals surface area contributed by atoms with E-state index in [1.165, 1.54) is 25.1 Å². The van der Waals surface area contributed by atoms with Crippen LogP contribution in [0.2, 0.25) is 5.02 Å². The zero-order valence-corrected chi connectivity index (χ0v) is 14.2. The third kappa shape index (κ3) is 3.77. The normalized spacial score (nSPS) is 13.5. The van der Waals surface area contributed by atoms with Gasteiger partial charge in [0.05, 0.1) is 16.4 Å². The van der Waals surface area contributed by atoms with Gasteiger partial charge in [0.15, 0.2) is 5.03 Å². The molecule has 1 atom stereocenters. The second kappa shape index (κ2) is 6.64. The molecule has 2 aromatic rings. The monoisotopic (exact) mass is 393 g/mol. The molecule has 5 nitrogen and oxygen atoms in total. The van der Waals surface area contributed by atoms with Gasteiger partial charge in [0.25, 0.3) is 0 Å². The van der Waals surface area contributed by atoms with Gasteiger partial charge in [-0.15, -0.1) is 0 Å². The fourth-order valence-electron chi connectivity index (χ4n) is 2.19. The Labute approximate surface area is 146 Å². The van der Waals surface area contributed by atoms with E-state index in [2.05, 4.69) is 4.98 Å². The summed E-state index contributed by atoms with van der Waals surface area (Å²) >= 11 is 5.95. The lowest BCUT2D eigenvalue weighted by molar-refractivity contribution is -0.137. The summed E-state index contributed by atoms with van der Waals surface area (Å²) in [6.45, 7) is 1.20. The van der Waals surface area contributed by atoms with Gasteiger partial charge >= 0.3 is 12.1 Å². The van der Waals surface area contributed by atoms with Gasteiger partial charge in [0, 0.05) is 16.8 Å². The predicted molar refractivity (Wildman–Crippen MR) is 83.3 cm³/mol. The summed E-state index contributed by atoms with van der Waals surface area (Å²) < 4.78 is 62.9. The molecule has 0 spiro atoms. The fourth-order valence-corrected chi connectivity index (χ4v) is 3.98. The quantitative estimate of drug-likeness (QED) is 0.849. The van der Waals surface area contributed by atoms with Crippen LogP contribution in [0.5, 0.6) is 0 Å².